The number of nitrogens with one attached hydrogen (secondary N) is 1. The minimum absolute atomic E-state index is 0.139. The van der Waals surface area contributed by atoms with Crippen LogP contribution in [0.2, 0.25) is 0 Å². The molecule has 0 saturated carbocycles. The normalized spacial score (nSPS) is 10.0. The minimum Gasteiger partial charge on any atom is -0.395 e. The first-order valence-corrected chi connectivity index (χ1v) is 6.01. The highest BCUT2D eigenvalue weighted by Crippen LogP contribution is 1.97. The van der Waals surface area contributed by atoms with Crippen LogP contribution in [-0.4, -0.2) is 59.8 Å². The third kappa shape index (κ3) is 5.07. The van der Waals surface area contributed by atoms with Crippen LogP contribution in [0.15, 0.2) is 30.3 Å². The zero-order chi connectivity index (χ0) is 14.1. The summed E-state index contributed by atoms with van der Waals surface area (Å²) in [4.78, 5) is 24.8. The molecule has 0 aliphatic rings. The van der Waals surface area contributed by atoms with Crippen molar-refractivity contribution in [2.75, 3.05) is 32.8 Å². The molecule has 0 radical (unpaired) electrons. The molecule has 1 aromatic carbocycles. The predicted molar refractivity (Wildman–Crippen MR) is 69.5 cm³/mol. The van der Waals surface area contributed by atoms with Crippen molar-refractivity contribution >= 4 is 11.8 Å². The fourth-order valence-electron chi connectivity index (χ4n) is 1.56. The molecule has 0 unspecified atom stereocenters. The zero-order valence-electron chi connectivity index (χ0n) is 10.6. The molecule has 3 N–H and O–H groups in total. The Morgan fingerprint density at radius 3 is 2.16 bits per heavy atom. The van der Waals surface area contributed by atoms with E-state index in [2.05, 4.69) is 5.32 Å². The predicted octanol–water partition coefficient (Wildman–Crippen LogP) is -0.770. The summed E-state index contributed by atoms with van der Waals surface area (Å²) in [5.74, 6) is -0.672. The van der Waals surface area contributed by atoms with Crippen LogP contribution in [0.1, 0.15) is 10.4 Å². The topological polar surface area (TPSA) is 89.9 Å². The fraction of sp³-hybridized carbons (Fsp3) is 0.385. The van der Waals surface area contributed by atoms with Crippen LogP contribution in [0, 0.1) is 0 Å². The lowest BCUT2D eigenvalue weighted by atomic mass is 10.2. The molecule has 0 aliphatic carbocycles. The summed E-state index contributed by atoms with van der Waals surface area (Å²) >= 11 is 0. The number of aliphatic hydroxyl groups excluding tert-OH is 2. The lowest BCUT2D eigenvalue weighted by molar-refractivity contribution is -0.131. The second kappa shape index (κ2) is 8.23. The molecule has 104 valence electrons. The number of hydrogen-bond donors (Lipinski definition) is 3. The number of carbonyl (C=O) groups excluding carboxylic acids is 2. The van der Waals surface area contributed by atoms with E-state index >= 15 is 0 Å². The maximum Gasteiger partial charge on any atom is 0.251 e. The van der Waals surface area contributed by atoms with Crippen molar-refractivity contribution in [1.29, 1.82) is 0 Å². The van der Waals surface area contributed by atoms with Gasteiger partial charge in [0, 0.05) is 18.7 Å². The smallest absolute Gasteiger partial charge is 0.251 e. The van der Waals surface area contributed by atoms with Crippen LogP contribution in [0.4, 0.5) is 0 Å². The standard InChI is InChI=1S/C13H18N2O4/c16-8-6-15(7-9-17)12(18)10-14-13(19)11-4-2-1-3-5-11/h1-5,16-17H,6-10H2,(H,14,19). The van der Waals surface area contributed by atoms with Gasteiger partial charge in [-0.1, -0.05) is 18.2 Å². The second-order valence-electron chi connectivity index (χ2n) is 3.88. The Balaban J connectivity index is 2.46. The van der Waals surface area contributed by atoms with E-state index in [4.69, 9.17) is 10.2 Å². The van der Waals surface area contributed by atoms with Gasteiger partial charge in [0.1, 0.15) is 0 Å². The molecule has 2 amide bonds. The zero-order valence-corrected chi connectivity index (χ0v) is 10.6. The first kappa shape index (κ1) is 15.1. The van der Waals surface area contributed by atoms with Crippen LogP contribution in [0.3, 0.4) is 0 Å². The van der Waals surface area contributed by atoms with Crippen molar-refractivity contribution < 1.29 is 19.8 Å². The number of nitrogens with zero attached hydrogens (tertiary/aromatic N) is 1. The Kier molecular flexibility index (Phi) is 6.56. The van der Waals surface area contributed by atoms with Crippen LogP contribution >= 0.6 is 0 Å². The summed E-state index contributed by atoms with van der Waals surface area (Å²) in [5.41, 5.74) is 0.478. The molecule has 6 nitrogen and oxygen atoms in total. The average molecular weight is 266 g/mol. The maximum atomic E-state index is 11.7. The van der Waals surface area contributed by atoms with Crippen molar-refractivity contribution in [2.24, 2.45) is 0 Å². The van der Waals surface area contributed by atoms with E-state index in [1.807, 2.05) is 0 Å². The van der Waals surface area contributed by atoms with Gasteiger partial charge in [-0.3, -0.25) is 9.59 Å². The number of benzene rings is 1. The van der Waals surface area contributed by atoms with E-state index in [9.17, 15) is 9.59 Å². The van der Waals surface area contributed by atoms with E-state index in [0.717, 1.165) is 0 Å². The van der Waals surface area contributed by atoms with Gasteiger partial charge in [0.15, 0.2) is 0 Å². The van der Waals surface area contributed by atoms with E-state index in [0.29, 0.717) is 5.56 Å². The van der Waals surface area contributed by atoms with Crippen LogP contribution in [-0.2, 0) is 4.79 Å². The quantitative estimate of drug-likeness (QED) is 0.604. The molecule has 0 aromatic heterocycles. The minimum atomic E-state index is -0.340. The molecule has 19 heavy (non-hydrogen) atoms. The lowest BCUT2D eigenvalue weighted by Gasteiger charge is -2.20. The van der Waals surface area contributed by atoms with Gasteiger partial charge in [0.05, 0.1) is 19.8 Å². The number of rotatable bonds is 7. The van der Waals surface area contributed by atoms with Crippen LogP contribution < -0.4 is 5.32 Å². The first-order valence-electron chi connectivity index (χ1n) is 6.01. The highest BCUT2D eigenvalue weighted by atomic mass is 16.3. The lowest BCUT2D eigenvalue weighted by Crippen LogP contribution is -2.42. The molecule has 1 rings (SSSR count). The summed E-state index contributed by atoms with van der Waals surface area (Å²) < 4.78 is 0. The molecule has 0 spiro atoms. The average Bonchev–Trinajstić information content (AvgIpc) is 2.45. The van der Waals surface area contributed by atoms with Crippen molar-refractivity contribution in [2.45, 2.75) is 0 Å². The Labute approximate surface area is 111 Å². The molecule has 0 bridgehead atoms. The third-order valence-electron chi connectivity index (χ3n) is 2.53. The van der Waals surface area contributed by atoms with Gasteiger partial charge in [-0.25, -0.2) is 0 Å². The highest BCUT2D eigenvalue weighted by molar-refractivity contribution is 5.96. The second-order valence-corrected chi connectivity index (χ2v) is 3.88. The summed E-state index contributed by atoms with van der Waals surface area (Å²) in [5, 5.41) is 20.1. The molecule has 0 saturated heterocycles. The van der Waals surface area contributed by atoms with Crippen molar-refractivity contribution in [3.05, 3.63) is 35.9 Å². The SMILES string of the molecule is O=C(NCC(=O)N(CCO)CCO)c1ccccc1. The van der Waals surface area contributed by atoms with Crippen molar-refractivity contribution in [3.8, 4) is 0 Å². The van der Waals surface area contributed by atoms with Gasteiger partial charge in [-0.05, 0) is 12.1 Å². The van der Waals surface area contributed by atoms with Crippen molar-refractivity contribution in [3.63, 3.8) is 0 Å². The summed E-state index contributed by atoms with van der Waals surface area (Å²) in [6.45, 7) is -0.244. The number of aliphatic hydroxyl groups is 2. The fourth-order valence-corrected chi connectivity index (χ4v) is 1.56. The molecule has 0 heterocycles. The van der Waals surface area contributed by atoms with Crippen molar-refractivity contribution in [1.82, 2.24) is 10.2 Å². The Bertz CT molecular complexity index is 402. The van der Waals surface area contributed by atoms with Crippen LogP contribution in [0.5, 0.6) is 0 Å². The molecule has 0 fully saturated rings. The molecule has 1 aromatic rings. The molecular formula is C13H18N2O4. The molecule has 0 atom stereocenters. The van der Waals surface area contributed by atoms with Gasteiger partial charge in [0.25, 0.3) is 5.91 Å². The van der Waals surface area contributed by atoms with Gasteiger partial charge >= 0.3 is 0 Å². The van der Waals surface area contributed by atoms with Gasteiger partial charge < -0.3 is 20.4 Å². The molecular weight excluding hydrogens is 248 g/mol. The largest absolute Gasteiger partial charge is 0.395 e. The summed E-state index contributed by atoms with van der Waals surface area (Å²) in [6.07, 6.45) is 0. The number of hydrogen-bond acceptors (Lipinski definition) is 4. The third-order valence-corrected chi connectivity index (χ3v) is 2.53. The van der Waals surface area contributed by atoms with E-state index in [1.165, 1.54) is 4.90 Å². The first-order chi connectivity index (χ1) is 9.19. The maximum absolute atomic E-state index is 11.7. The van der Waals surface area contributed by atoms with E-state index in [1.54, 1.807) is 30.3 Å². The molecule has 6 heteroatoms. The monoisotopic (exact) mass is 266 g/mol. The Morgan fingerprint density at radius 2 is 1.63 bits per heavy atom. The van der Waals surface area contributed by atoms with Crippen LogP contribution in [0.25, 0.3) is 0 Å². The van der Waals surface area contributed by atoms with Gasteiger partial charge in [-0.2, -0.15) is 0 Å². The van der Waals surface area contributed by atoms with E-state index in [-0.39, 0.29) is 44.7 Å². The Hall–Kier alpha value is -1.92. The summed E-state index contributed by atoms with van der Waals surface area (Å²) in [6, 6.07) is 8.57. The number of amides is 2. The highest BCUT2D eigenvalue weighted by Gasteiger charge is 2.13. The Morgan fingerprint density at radius 1 is 1.05 bits per heavy atom. The number of carbonyl (C=O) groups is 2. The van der Waals surface area contributed by atoms with Gasteiger partial charge in [0.2, 0.25) is 5.91 Å². The van der Waals surface area contributed by atoms with E-state index < -0.39 is 0 Å². The summed E-state index contributed by atoms with van der Waals surface area (Å²) in [7, 11) is 0. The molecule has 0 aliphatic heterocycles. The van der Waals surface area contributed by atoms with Gasteiger partial charge in [-0.15, -0.1) is 0 Å².